The first-order chi connectivity index (χ1) is 8.21. The van der Waals surface area contributed by atoms with Gasteiger partial charge in [-0.05, 0) is 18.1 Å². The minimum absolute atomic E-state index is 0.121. The molecule has 0 radical (unpaired) electrons. The van der Waals surface area contributed by atoms with Gasteiger partial charge in [-0.15, -0.1) is 0 Å². The third-order valence-electron chi connectivity index (χ3n) is 2.91. The van der Waals surface area contributed by atoms with E-state index in [1.807, 2.05) is 0 Å². The summed E-state index contributed by atoms with van der Waals surface area (Å²) in [5, 5.41) is 2.42. The zero-order valence-electron chi connectivity index (χ0n) is 8.99. The fraction of sp³-hybridized carbons (Fsp3) is 0.455. The molecule has 0 saturated carbocycles. The predicted octanol–water partition coefficient (Wildman–Crippen LogP) is 4.17. The summed E-state index contributed by atoms with van der Waals surface area (Å²) >= 11 is 0. The summed E-state index contributed by atoms with van der Waals surface area (Å²) in [6, 6.07) is 2.88. The monoisotopic (exact) mass is 269 g/mol. The van der Waals surface area contributed by atoms with Gasteiger partial charge in [-0.1, -0.05) is 12.1 Å². The van der Waals surface area contributed by atoms with Gasteiger partial charge in [0.15, 0.2) is 0 Å². The average molecular weight is 269 g/mol. The van der Waals surface area contributed by atoms with Crippen LogP contribution in [0.2, 0.25) is 0 Å². The van der Waals surface area contributed by atoms with Crippen LogP contribution in [0.5, 0.6) is 0 Å². The lowest BCUT2D eigenvalue weighted by Crippen LogP contribution is -2.29. The minimum atomic E-state index is -4.66. The van der Waals surface area contributed by atoms with Gasteiger partial charge in [-0.3, -0.25) is 0 Å². The molecule has 0 aliphatic carbocycles. The SMILES string of the molecule is FC(F)(F)c1cccc2c1NCCC2C(F)(F)F. The van der Waals surface area contributed by atoms with Gasteiger partial charge in [0.05, 0.1) is 17.2 Å². The van der Waals surface area contributed by atoms with Crippen molar-refractivity contribution in [2.24, 2.45) is 0 Å². The summed E-state index contributed by atoms with van der Waals surface area (Å²) in [5.41, 5.74) is -1.82. The van der Waals surface area contributed by atoms with Crippen molar-refractivity contribution in [2.75, 3.05) is 11.9 Å². The maximum absolute atomic E-state index is 12.7. The molecule has 0 aromatic heterocycles. The highest BCUT2D eigenvalue weighted by Gasteiger charge is 2.45. The first-order valence-corrected chi connectivity index (χ1v) is 5.22. The second-order valence-electron chi connectivity index (χ2n) is 4.08. The van der Waals surface area contributed by atoms with E-state index in [1.165, 1.54) is 0 Å². The van der Waals surface area contributed by atoms with E-state index in [0.29, 0.717) is 0 Å². The van der Waals surface area contributed by atoms with Crippen LogP contribution in [0.25, 0.3) is 0 Å². The number of para-hydroxylation sites is 1. The Bertz CT molecular complexity index is 448. The molecule has 1 heterocycles. The van der Waals surface area contributed by atoms with Gasteiger partial charge < -0.3 is 5.32 Å². The summed E-state index contributed by atoms with van der Waals surface area (Å²) in [7, 11) is 0. The van der Waals surface area contributed by atoms with Crippen LogP contribution in [-0.4, -0.2) is 12.7 Å². The van der Waals surface area contributed by atoms with Crippen LogP contribution in [0.1, 0.15) is 23.5 Å². The van der Waals surface area contributed by atoms with Crippen LogP contribution in [0.3, 0.4) is 0 Å². The van der Waals surface area contributed by atoms with Gasteiger partial charge in [0, 0.05) is 6.54 Å². The van der Waals surface area contributed by atoms with E-state index in [2.05, 4.69) is 5.32 Å². The van der Waals surface area contributed by atoms with Crippen molar-refractivity contribution in [1.82, 2.24) is 0 Å². The zero-order chi connectivity index (χ0) is 13.6. The van der Waals surface area contributed by atoms with E-state index in [4.69, 9.17) is 0 Å². The summed E-state index contributed by atoms with van der Waals surface area (Å²) in [6.45, 7) is -0.121. The number of anilines is 1. The number of halogens is 6. The molecule has 1 unspecified atom stereocenters. The van der Waals surface area contributed by atoms with Crippen molar-refractivity contribution >= 4 is 5.69 Å². The molecule has 0 amide bonds. The lowest BCUT2D eigenvalue weighted by molar-refractivity contribution is -0.152. The highest BCUT2D eigenvalue weighted by molar-refractivity contribution is 5.62. The van der Waals surface area contributed by atoms with Crippen molar-refractivity contribution in [2.45, 2.75) is 24.7 Å². The molecule has 0 bridgehead atoms. The van der Waals surface area contributed by atoms with Crippen molar-refractivity contribution in [3.05, 3.63) is 29.3 Å². The second-order valence-corrected chi connectivity index (χ2v) is 4.08. The van der Waals surface area contributed by atoms with Gasteiger partial charge in [0.1, 0.15) is 0 Å². The van der Waals surface area contributed by atoms with Crippen LogP contribution in [-0.2, 0) is 6.18 Å². The Balaban J connectivity index is 2.54. The minimum Gasteiger partial charge on any atom is -0.384 e. The molecule has 1 aliphatic heterocycles. The molecule has 18 heavy (non-hydrogen) atoms. The third kappa shape index (κ3) is 2.26. The van der Waals surface area contributed by atoms with E-state index >= 15 is 0 Å². The molecular formula is C11H9F6N. The Kier molecular flexibility index (Phi) is 2.95. The van der Waals surface area contributed by atoms with E-state index in [9.17, 15) is 26.3 Å². The molecule has 1 aromatic carbocycles. The smallest absolute Gasteiger partial charge is 0.384 e. The first kappa shape index (κ1) is 13.0. The molecule has 7 heteroatoms. The molecular weight excluding hydrogens is 260 g/mol. The van der Waals surface area contributed by atoms with Gasteiger partial charge in [0.2, 0.25) is 0 Å². The average Bonchev–Trinajstić information content (AvgIpc) is 2.24. The molecule has 1 nitrogen and oxygen atoms in total. The van der Waals surface area contributed by atoms with Crippen molar-refractivity contribution < 1.29 is 26.3 Å². The lowest BCUT2D eigenvalue weighted by atomic mass is 9.88. The summed E-state index contributed by atoms with van der Waals surface area (Å²) in [6.07, 6.45) is -9.44. The maximum atomic E-state index is 12.7. The Labute approximate surface area is 98.8 Å². The van der Waals surface area contributed by atoms with Crippen molar-refractivity contribution in [3.63, 3.8) is 0 Å². The molecule has 2 rings (SSSR count). The van der Waals surface area contributed by atoms with Gasteiger partial charge >= 0.3 is 12.4 Å². The van der Waals surface area contributed by atoms with Crippen LogP contribution in [0, 0.1) is 0 Å². The van der Waals surface area contributed by atoms with Gasteiger partial charge in [0.25, 0.3) is 0 Å². The standard InChI is InChI=1S/C11H9F6N/c12-10(13,14)7-4-5-18-9-6(7)2-1-3-8(9)11(15,16)17/h1-3,7,18H,4-5H2. The van der Waals surface area contributed by atoms with Gasteiger partial charge in [-0.2, -0.15) is 26.3 Å². The number of rotatable bonds is 0. The molecule has 1 aromatic rings. The summed E-state index contributed by atoms with van der Waals surface area (Å²) < 4.78 is 76.3. The van der Waals surface area contributed by atoms with Crippen LogP contribution in [0.4, 0.5) is 32.0 Å². The maximum Gasteiger partial charge on any atom is 0.418 e. The largest absolute Gasteiger partial charge is 0.418 e. The number of alkyl halides is 6. The highest BCUT2D eigenvalue weighted by atomic mass is 19.4. The number of hydrogen-bond donors (Lipinski definition) is 1. The number of fused-ring (bicyclic) bond motifs is 1. The lowest BCUT2D eigenvalue weighted by Gasteiger charge is -2.30. The van der Waals surface area contributed by atoms with Crippen LogP contribution >= 0.6 is 0 Å². The van der Waals surface area contributed by atoms with Crippen LogP contribution in [0.15, 0.2) is 18.2 Å². The van der Waals surface area contributed by atoms with E-state index < -0.39 is 29.5 Å². The van der Waals surface area contributed by atoms with E-state index in [1.54, 1.807) is 0 Å². The predicted molar refractivity (Wildman–Crippen MR) is 53.3 cm³/mol. The fourth-order valence-electron chi connectivity index (χ4n) is 2.13. The quantitative estimate of drug-likeness (QED) is 0.697. The molecule has 0 saturated heterocycles. The molecule has 1 atom stereocenters. The van der Waals surface area contributed by atoms with Crippen molar-refractivity contribution in [3.8, 4) is 0 Å². The van der Waals surface area contributed by atoms with Crippen molar-refractivity contribution in [1.29, 1.82) is 0 Å². The Hall–Kier alpha value is -1.40. The Morgan fingerprint density at radius 1 is 1.06 bits per heavy atom. The molecule has 0 spiro atoms. The Morgan fingerprint density at radius 3 is 2.28 bits per heavy atom. The fourth-order valence-corrected chi connectivity index (χ4v) is 2.13. The molecule has 0 fully saturated rings. The molecule has 1 aliphatic rings. The Morgan fingerprint density at radius 2 is 1.72 bits per heavy atom. The van der Waals surface area contributed by atoms with E-state index in [-0.39, 0.29) is 18.5 Å². The second kappa shape index (κ2) is 4.07. The highest BCUT2D eigenvalue weighted by Crippen LogP contribution is 2.46. The summed E-state index contributed by atoms with van der Waals surface area (Å²) in [4.78, 5) is 0. The summed E-state index contributed by atoms with van der Waals surface area (Å²) in [5.74, 6) is -1.84. The zero-order valence-corrected chi connectivity index (χ0v) is 8.99. The number of benzene rings is 1. The van der Waals surface area contributed by atoms with E-state index in [0.717, 1.165) is 18.2 Å². The molecule has 1 N–H and O–H groups in total. The van der Waals surface area contributed by atoms with Crippen LogP contribution < -0.4 is 5.32 Å². The third-order valence-corrected chi connectivity index (χ3v) is 2.91. The normalized spacial score (nSPS) is 20.2. The topological polar surface area (TPSA) is 12.0 Å². The number of hydrogen-bond acceptors (Lipinski definition) is 1. The first-order valence-electron chi connectivity index (χ1n) is 5.22. The molecule has 100 valence electrons. The number of nitrogens with one attached hydrogen (secondary N) is 1. The van der Waals surface area contributed by atoms with Gasteiger partial charge in [-0.25, -0.2) is 0 Å².